The molecule has 1 aliphatic rings. The molecule has 1 unspecified atom stereocenters. The van der Waals surface area contributed by atoms with Crippen LogP contribution < -0.4 is 20.2 Å². The molecule has 0 spiro atoms. The second kappa shape index (κ2) is 11.3. The van der Waals surface area contributed by atoms with Gasteiger partial charge in [-0.15, -0.1) is 0 Å². The zero-order valence-electron chi connectivity index (χ0n) is 20.5. The van der Waals surface area contributed by atoms with E-state index in [1.807, 2.05) is 18.2 Å². The van der Waals surface area contributed by atoms with Gasteiger partial charge in [0.15, 0.2) is 17.2 Å². The standard InChI is InChI=1S/C26H29FN4O5/c1-17-14-22(32)25(29-31(17)20-7-5-4-6-19(20)27)26(33)28-16-21(30-10-12-36-13-11-30)18-8-9-23(34-2)24(15-18)35-3/h4-9,14-15,21H,10-13,16H2,1-3H3,(H,28,33). The lowest BCUT2D eigenvalue weighted by Crippen LogP contribution is -2.44. The quantitative estimate of drug-likeness (QED) is 0.512. The third-order valence-electron chi connectivity index (χ3n) is 6.14. The molecule has 2 aromatic carbocycles. The molecule has 0 bridgehead atoms. The van der Waals surface area contributed by atoms with Gasteiger partial charge in [-0.1, -0.05) is 18.2 Å². The summed E-state index contributed by atoms with van der Waals surface area (Å²) < 4.78 is 31.9. The fraction of sp³-hybridized carbons (Fsp3) is 0.346. The molecule has 4 rings (SSSR count). The molecule has 10 heteroatoms. The highest BCUT2D eigenvalue weighted by Gasteiger charge is 2.25. The molecule has 0 saturated carbocycles. The van der Waals surface area contributed by atoms with Gasteiger partial charge in [0.25, 0.3) is 5.91 Å². The van der Waals surface area contributed by atoms with E-state index in [1.165, 1.54) is 22.9 Å². The van der Waals surface area contributed by atoms with E-state index in [-0.39, 0.29) is 24.0 Å². The summed E-state index contributed by atoms with van der Waals surface area (Å²) in [4.78, 5) is 28.0. The molecule has 1 atom stereocenters. The van der Waals surface area contributed by atoms with Crippen molar-refractivity contribution in [1.29, 1.82) is 0 Å². The van der Waals surface area contributed by atoms with Crippen LogP contribution in [0.4, 0.5) is 4.39 Å². The second-order valence-corrected chi connectivity index (χ2v) is 8.35. The Morgan fingerprint density at radius 1 is 1.11 bits per heavy atom. The number of benzene rings is 2. The maximum atomic E-state index is 14.4. The number of morpholine rings is 1. The van der Waals surface area contributed by atoms with Gasteiger partial charge in [-0.3, -0.25) is 14.5 Å². The van der Waals surface area contributed by atoms with Gasteiger partial charge >= 0.3 is 0 Å². The van der Waals surface area contributed by atoms with Crippen molar-refractivity contribution in [1.82, 2.24) is 20.0 Å². The summed E-state index contributed by atoms with van der Waals surface area (Å²) in [5, 5.41) is 7.05. The van der Waals surface area contributed by atoms with E-state index in [4.69, 9.17) is 14.2 Å². The van der Waals surface area contributed by atoms with Gasteiger partial charge in [0.2, 0.25) is 5.43 Å². The normalized spacial score (nSPS) is 14.8. The molecule has 1 fully saturated rings. The van der Waals surface area contributed by atoms with Crippen LogP contribution >= 0.6 is 0 Å². The fourth-order valence-corrected chi connectivity index (χ4v) is 4.25. The molecule has 36 heavy (non-hydrogen) atoms. The van der Waals surface area contributed by atoms with E-state index in [1.54, 1.807) is 33.3 Å². The second-order valence-electron chi connectivity index (χ2n) is 8.35. The molecular formula is C26H29FN4O5. The number of halogens is 1. The number of carbonyl (C=O) groups is 1. The van der Waals surface area contributed by atoms with Crippen molar-refractivity contribution in [3.05, 3.63) is 81.5 Å². The van der Waals surface area contributed by atoms with Gasteiger partial charge in [-0.2, -0.15) is 5.10 Å². The van der Waals surface area contributed by atoms with Crippen LogP contribution in [0.1, 0.15) is 27.8 Å². The minimum Gasteiger partial charge on any atom is -0.493 e. The van der Waals surface area contributed by atoms with Gasteiger partial charge in [-0.05, 0) is 36.8 Å². The number of para-hydroxylation sites is 1. The van der Waals surface area contributed by atoms with E-state index in [0.29, 0.717) is 43.5 Å². The maximum absolute atomic E-state index is 14.4. The lowest BCUT2D eigenvalue weighted by molar-refractivity contribution is 0.0161. The van der Waals surface area contributed by atoms with Crippen molar-refractivity contribution in [2.45, 2.75) is 13.0 Å². The number of aromatic nitrogens is 2. The van der Waals surface area contributed by atoms with Crippen LogP contribution in [0.25, 0.3) is 5.69 Å². The highest BCUT2D eigenvalue weighted by Crippen LogP contribution is 2.32. The van der Waals surface area contributed by atoms with Crippen LogP contribution in [0.2, 0.25) is 0 Å². The molecular weight excluding hydrogens is 467 g/mol. The number of hydrogen-bond donors (Lipinski definition) is 1. The first kappa shape index (κ1) is 25.3. The SMILES string of the molecule is COc1ccc(C(CNC(=O)c2nn(-c3ccccc3F)c(C)cc2=O)N2CCOCC2)cc1OC. The summed E-state index contributed by atoms with van der Waals surface area (Å²) in [5.74, 6) is 0.0314. The molecule has 0 radical (unpaired) electrons. The highest BCUT2D eigenvalue weighted by molar-refractivity contribution is 5.92. The number of hydrogen-bond acceptors (Lipinski definition) is 7. The van der Waals surface area contributed by atoms with E-state index in [2.05, 4.69) is 15.3 Å². The number of carbonyl (C=O) groups excluding carboxylic acids is 1. The van der Waals surface area contributed by atoms with E-state index in [0.717, 1.165) is 5.56 Å². The Morgan fingerprint density at radius 2 is 1.83 bits per heavy atom. The van der Waals surface area contributed by atoms with Crippen LogP contribution in [0.15, 0.2) is 53.3 Å². The molecule has 2 heterocycles. The number of ether oxygens (including phenoxy) is 3. The summed E-state index contributed by atoms with van der Waals surface area (Å²) in [7, 11) is 3.14. The largest absolute Gasteiger partial charge is 0.493 e. The van der Waals surface area contributed by atoms with Crippen LogP contribution in [0.5, 0.6) is 11.5 Å². The summed E-state index contributed by atoms with van der Waals surface area (Å²) in [6, 6.07) is 12.7. The Hall–Kier alpha value is -3.76. The van der Waals surface area contributed by atoms with E-state index >= 15 is 0 Å². The minimum absolute atomic E-state index is 0.153. The zero-order valence-corrected chi connectivity index (χ0v) is 20.5. The Balaban J connectivity index is 1.61. The van der Waals surface area contributed by atoms with Crippen molar-refractivity contribution in [2.24, 2.45) is 0 Å². The number of nitrogens with one attached hydrogen (secondary N) is 1. The minimum atomic E-state index is -0.635. The summed E-state index contributed by atoms with van der Waals surface area (Å²) in [5.41, 5.74) is 0.637. The van der Waals surface area contributed by atoms with Crippen molar-refractivity contribution >= 4 is 5.91 Å². The van der Waals surface area contributed by atoms with Crippen LogP contribution in [-0.4, -0.2) is 67.7 Å². The molecule has 1 N–H and O–H groups in total. The molecule has 1 amide bonds. The van der Waals surface area contributed by atoms with E-state index in [9.17, 15) is 14.0 Å². The maximum Gasteiger partial charge on any atom is 0.275 e. The smallest absolute Gasteiger partial charge is 0.275 e. The lowest BCUT2D eigenvalue weighted by Gasteiger charge is -2.35. The average molecular weight is 497 g/mol. The average Bonchev–Trinajstić information content (AvgIpc) is 2.90. The zero-order chi connectivity index (χ0) is 25.7. The molecule has 0 aliphatic carbocycles. The Bertz CT molecular complexity index is 1290. The van der Waals surface area contributed by atoms with Crippen LogP contribution in [0.3, 0.4) is 0 Å². The van der Waals surface area contributed by atoms with Gasteiger partial charge < -0.3 is 19.5 Å². The van der Waals surface area contributed by atoms with Crippen LogP contribution in [0, 0.1) is 12.7 Å². The van der Waals surface area contributed by atoms with Gasteiger partial charge in [0.05, 0.1) is 33.5 Å². The fourth-order valence-electron chi connectivity index (χ4n) is 4.25. The van der Waals surface area contributed by atoms with Crippen molar-refractivity contribution < 1.29 is 23.4 Å². The topological polar surface area (TPSA) is 94.9 Å². The van der Waals surface area contributed by atoms with Gasteiger partial charge in [-0.25, -0.2) is 9.07 Å². The van der Waals surface area contributed by atoms with Crippen molar-refractivity contribution in [3.8, 4) is 17.2 Å². The number of methoxy groups -OCH3 is 2. The first-order valence-electron chi connectivity index (χ1n) is 11.6. The number of rotatable bonds is 8. The first-order chi connectivity index (χ1) is 17.4. The van der Waals surface area contributed by atoms with Crippen molar-refractivity contribution in [3.63, 3.8) is 0 Å². The first-order valence-corrected chi connectivity index (χ1v) is 11.6. The molecule has 1 aliphatic heterocycles. The Kier molecular flexibility index (Phi) is 7.97. The Morgan fingerprint density at radius 3 is 2.53 bits per heavy atom. The Labute approximate surface area is 208 Å². The number of nitrogens with zero attached hydrogens (tertiary/aromatic N) is 3. The molecule has 1 aromatic heterocycles. The highest BCUT2D eigenvalue weighted by atomic mass is 19.1. The summed E-state index contributed by atoms with van der Waals surface area (Å²) >= 11 is 0. The molecule has 3 aromatic rings. The third kappa shape index (κ3) is 5.39. The predicted molar refractivity (Wildman–Crippen MR) is 132 cm³/mol. The molecule has 9 nitrogen and oxygen atoms in total. The third-order valence-corrected chi connectivity index (χ3v) is 6.14. The van der Waals surface area contributed by atoms with Gasteiger partial charge in [0, 0.05) is 31.4 Å². The number of amides is 1. The lowest BCUT2D eigenvalue weighted by atomic mass is 10.0. The van der Waals surface area contributed by atoms with Crippen LogP contribution in [-0.2, 0) is 4.74 Å². The predicted octanol–water partition coefficient (Wildman–Crippen LogP) is 2.50. The summed E-state index contributed by atoms with van der Waals surface area (Å²) in [6.07, 6.45) is 0. The monoisotopic (exact) mass is 496 g/mol. The van der Waals surface area contributed by atoms with Gasteiger partial charge in [0.1, 0.15) is 11.5 Å². The van der Waals surface area contributed by atoms with Crippen molar-refractivity contribution in [2.75, 3.05) is 47.1 Å². The molecule has 190 valence electrons. The van der Waals surface area contributed by atoms with E-state index < -0.39 is 17.2 Å². The summed E-state index contributed by atoms with van der Waals surface area (Å²) in [6.45, 7) is 4.35. The number of aryl methyl sites for hydroxylation is 1. The molecule has 1 saturated heterocycles.